The lowest BCUT2D eigenvalue weighted by Crippen LogP contribution is -2.40. The molecule has 0 radical (unpaired) electrons. The number of piperidine rings is 1. The standard InChI is InChI=1S/C25H26N4O5/c1-13(2)21-18-10-17(12-26-24(18)34-28-21)25(32)29-8-6-15(7-9-29)22(30)16-4-5-20-19(11-16)27-23(31)14(3)33-20/h4-5,10-15H,6-9H2,1-3H3,(H,27,31). The number of amides is 2. The number of benzene rings is 1. The maximum atomic E-state index is 13.1. The smallest absolute Gasteiger partial charge is 0.265 e. The van der Waals surface area contributed by atoms with Crippen LogP contribution in [0.4, 0.5) is 5.69 Å². The average Bonchev–Trinajstić information content (AvgIpc) is 3.27. The van der Waals surface area contributed by atoms with E-state index in [0.29, 0.717) is 54.2 Å². The van der Waals surface area contributed by atoms with E-state index in [2.05, 4.69) is 15.5 Å². The molecule has 2 aliphatic rings. The van der Waals surface area contributed by atoms with Crippen molar-refractivity contribution in [1.29, 1.82) is 0 Å². The minimum absolute atomic E-state index is 0.0110. The highest BCUT2D eigenvalue weighted by molar-refractivity contribution is 6.03. The van der Waals surface area contributed by atoms with Crippen molar-refractivity contribution >= 4 is 34.4 Å². The number of hydrogen-bond donors (Lipinski definition) is 1. The zero-order chi connectivity index (χ0) is 24.0. The van der Waals surface area contributed by atoms with Crippen LogP contribution >= 0.6 is 0 Å². The molecule has 1 saturated heterocycles. The number of carbonyl (C=O) groups excluding carboxylic acids is 3. The maximum absolute atomic E-state index is 13.1. The molecule has 2 aliphatic heterocycles. The van der Waals surface area contributed by atoms with Gasteiger partial charge in [0.25, 0.3) is 17.5 Å². The van der Waals surface area contributed by atoms with E-state index in [-0.39, 0.29) is 29.4 Å². The van der Waals surface area contributed by atoms with Crippen LogP contribution in [0.2, 0.25) is 0 Å². The second kappa shape index (κ2) is 8.55. The number of carbonyl (C=O) groups is 3. The van der Waals surface area contributed by atoms with Gasteiger partial charge in [-0.1, -0.05) is 19.0 Å². The molecule has 3 aromatic rings. The van der Waals surface area contributed by atoms with E-state index in [4.69, 9.17) is 9.26 Å². The van der Waals surface area contributed by atoms with Crippen molar-refractivity contribution in [3.05, 3.63) is 47.3 Å². The Morgan fingerprint density at radius 1 is 1.15 bits per heavy atom. The van der Waals surface area contributed by atoms with Crippen molar-refractivity contribution in [2.24, 2.45) is 5.92 Å². The molecule has 1 fully saturated rings. The van der Waals surface area contributed by atoms with Gasteiger partial charge in [0.05, 0.1) is 22.3 Å². The number of pyridine rings is 1. The highest BCUT2D eigenvalue weighted by atomic mass is 16.5. The predicted octanol–water partition coefficient (Wildman–Crippen LogP) is 3.80. The Labute approximate surface area is 196 Å². The minimum atomic E-state index is -0.562. The minimum Gasteiger partial charge on any atom is -0.479 e. The summed E-state index contributed by atoms with van der Waals surface area (Å²) in [6.07, 6.45) is 2.10. The molecule has 0 aliphatic carbocycles. The van der Waals surface area contributed by atoms with Crippen LogP contribution in [0.15, 0.2) is 35.0 Å². The van der Waals surface area contributed by atoms with Gasteiger partial charge in [-0.3, -0.25) is 14.4 Å². The van der Waals surface area contributed by atoms with E-state index >= 15 is 0 Å². The van der Waals surface area contributed by atoms with Gasteiger partial charge < -0.3 is 19.5 Å². The molecule has 0 spiro atoms. The number of nitrogens with zero attached hydrogens (tertiary/aromatic N) is 3. The SMILES string of the molecule is CC1Oc2ccc(C(=O)C3CCN(C(=O)c4cnc5onc(C(C)C)c5c4)CC3)cc2NC1=O. The van der Waals surface area contributed by atoms with E-state index in [1.807, 2.05) is 13.8 Å². The number of likely N-dealkylation sites (tertiary alicyclic amines) is 1. The van der Waals surface area contributed by atoms with E-state index in [1.54, 1.807) is 36.1 Å². The Morgan fingerprint density at radius 2 is 1.91 bits per heavy atom. The fourth-order valence-electron chi connectivity index (χ4n) is 4.51. The molecule has 9 nitrogen and oxygen atoms in total. The number of Topliss-reactive ketones (excluding diaryl/α,β-unsaturated/α-hetero) is 1. The lowest BCUT2D eigenvalue weighted by atomic mass is 9.88. The van der Waals surface area contributed by atoms with Gasteiger partial charge in [-0.05, 0) is 49.9 Å². The van der Waals surface area contributed by atoms with E-state index in [0.717, 1.165) is 11.1 Å². The topological polar surface area (TPSA) is 115 Å². The van der Waals surface area contributed by atoms with Gasteiger partial charge in [-0.25, -0.2) is 4.98 Å². The summed E-state index contributed by atoms with van der Waals surface area (Å²) in [5, 5.41) is 7.61. The van der Waals surface area contributed by atoms with E-state index in [9.17, 15) is 14.4 Å². The highest BCUT2D eigenvalue weighted by Crippen LogP contribution is 2.32. The molecule has 5 rings (SSSR count). The molecule has 0 saturated carbocycles. The second-order valence-electron chi connectivity index (χ2n) is 9.19. The summed E-state index contributed by atoms with van der Waals surface area (Å²) in [5.41, 5.74) is 2.74. The summed E-state index contributed by atoms with van der Waals surface area (Å²) in [4.78, 5) is 44.1. The molecule has 1 aromatic carbocycles. The van der Waals surface area contributed by atoms with Gasteiger partial charge in [0.2, 0.25) is 0 Å². The normalized spacial score (nSPS) is 18.5. The van der Waals surface area contributed by atoms with Crippen molar-refractivity contribution in [2.75, 3.05) is 18.4 Å². The lowest BCUT2D eigenvalue weighted by Gasteiger charge is -2.31. The summed E-state index contributed by atoms with van der Waals surface area (Å²) >= 11 is 0. The van der Waals surface area contributed by atoms with Crippen LogP contribution in [0.1, 0.15) is 65.9 Å². The number of nitrogens with one attached hydrogen (secondary N) is 1. The third-order valence-electron chi connectivity index (χ3n) is 6.50. The van der Waals surface area contributed by atoms with E-state index < -0.39 is 6.10 Å². The first kappa shape index (κ1) is 22.1. The molecule has 0 bridgehead atoms. The maximum Gasteiger partial charge on any atom is 0.265 e. The lowest BCUT2D eigenvalue weighted by molar-refractivity contribution is -0.122. The fourth-order valence-corrected chi connectivity index (χ4v) is 4.51. The third kappa shape index (κ3) is 3.91. The highest BCUT2D eigenvalue weighted by Gasteiger charge is 2.30. The summed E-state index contributed by atoms with van der Waals surface area (Å²) in [6.45, 7) is 6.66. The number of ketones is 1. The molecule has 1 atom stereocenters. The first-order valence-electron chi connectivity index (χ1n) is 11.5. The number of hydrogen-bond acceptors (Lipinski definition) is 7. The van der Waals surface area contributed by atoms with Crippen molar-refractivity contribution in [1.82, 2.24) is 15.0 Å². The molecule has 2 amide bonds. The molecule has 4 heterocycles. The molecular formula is C25H26N4O5. The summed E-state index contributed by atoms with van der Waals surface area (Å²) in [7, 11) is 0. The number of fused-ring (bicyclic) bond motifs is 2. The zero-order valence-electron chi connectivity index (χ0n) is 19.3. The molecule has 176 valence electrons. The number of anilines is 1. The predicted molar refractivity (Wildman–Crippen MR) is 124 cm³/mol. The molecule has 1 N–H and O–H groups in total. The summed E-state index contributed by atoms with van der Waals surface area (Å²) in [5.74, 6) is 0.191. The molecule has 2 aromatic heterocycles. The Bertz CT molecular complexity index is 1290. The van der Waals surface area contributed by atoms with Crippen LogP contribution in [0, 0.1) is 5.92 Å². The Kier molecular flexibility index (Phi) is 5.55. The van der Waals surface area contributed by atoms with Crippen LogP contribution in [0.5, 0.6) is 5.75 Å². The number of rotatable bonds is 4. The first-order valence-corrected chi connectivity index (χ1v) is 11.5. The monoisotopic (exact) mass is 462 g/mol. The van der Waals surface area contributed by atoms with Gasteiger partial charge in [0.1, 0.15) is 5.75 Å². The first-order chi connectivity index (χ1) is 16.3. The zero-order valence-corrected chi connectivity index (χ0v) is 19.3. The van der Waals surface area contributed by atoms with Gasteiger partial charge in [-0.2, -0.15) is 0 Å². The van der Waals surface area contributed by atoms with Gasteiger partial charge in [0.15, 0.2) is 11.9 Å². The summed E-state index contributed by atoms with van der Waals surface area (Å²) in [6, 6.07) is 6.91. The molecule has 9 heteroatoms. The Hall–Kier alpha value is -3.75. The molecular weight excluding hydrogens is 436 g/mol. The Balaban J connectivity index is 1.26. The van der Waals surface area contributed by atoms with Crippen LogP contribution < -0.4 is 10.1 Å². The average molecular weight is 463 g/mol. The third-order valence-corrected chi connectivity index (χ3v) is 6.50. The van der Waals surface area contributed by atoms with Crippen LogP contribution in [0.25, 0.3) is 11.1 Å². The van der Waals surface area contributed by atoms with Crippen molar-refractivity contribution in [3.63, 3.8) is 0 Å². The van der Waals surface area contributed by atoms with Crippen molar-refractivity contribution in [2.45, 2.75) is 45.6 Å². The second-order valence-corrected chi connectivity index (χ2v) is 9.19. The van der Waals surface area contributed by atoms with Gasteiger partial charge >= 0.3 is 0 Å². The van der Waals surface area contributed by atoms with Crippen LogP contribution in [-0.2, 0) is 4.79 Å². The fraction of sp³-hybridized carbons (Fsp3) is 0.400. The van der Waals surface area contributed by atoms with Crippen molar-refractivity contribution in [3.8, 4) is 5.75 Å². The number of ether oxygens (including phenoxy) is 1. The van der Waals surface area contributed by atoms with Gasteiger partial charge in [0, 0.05) is 30.8 Å². The quantitative estimate of drug-likeness (QED) is 0.587. The Morgan fingerprint density at radius 3 is 2.65 bits per heavy atom. The van der Waals surface area contributed by atoms with Crippen LogP contribution in [0.3, 0.4) is 0 Å². The largest absolute Gasteiger partial charge is 0.479 e. The summed E-state index contributed by atoms with van der Waals surface area (Å²) < 4.78 is 10.8. The molecule has 34 heavy (non-hydrogen) atoms. The number of aromatic nitrogens is 2. The van der Waals surface area contributed by atoms with Gasteiger partial charge in [-0.15, -0.1) is 0 Å². The van der Waals surface area contributed by atoms with E-state index in [1.165, 1.54) is 6.20 Å². The van der Waals surface area contributed by atoms with Crippen LogP contribution in [-0.4, -0.2) is 51.8 Å². The molecule has 1 unspecified atom stereocenters. The van der Waals surface area contributed by atoms with Crippen molar-refractivity contribution < 1.29 is 23.6 Å².